The van der Waals surface area contributed by atoms with Gasteiger partial charge < -0.3 is 10.5 Å². The van der Waals surface area contributed by atoms with Gasteiger partial charge in [0.1, 0.15) is 0 Å². The second-order valence-corrected chi connectivity index (χ2v) is 5.47. The minimum absolute atomic E-state index is 0.275. The van der Waals surface area contributed by atoms with Gasteiger partial charge in [-0.25, -0.2) is 0 Å². The molecule has 3 heteroatoms. The monoisotopic (exact) mass is 256 g/mol. The van der Waals surface area contributed by atoms with E-state index in [-0.39, 0.29) is 5.54 Å². The summed E-state index contributed by atoms with van der Waals surface area (Å²) in [5.41, 5.74) is 6.42. The van der Waals surface area contributed by atoms with E-state index in [1.807, 2.05) is 0 Å². The maximum Gasteiger partial charge on any atom is 0.0478 e. The largest absolute Gasteiger partial charge is 0.382 e. The lowest BCUT2D eigenvalue weighted by molar-refractivity contribution is 0.0658. The first-order valence-electron chi connectivity index (χ1n) is 7.82. The maximum absolute atomic E-state index is 6.14. The first-order chi connectivity index (χ1) is 8.79. The summed E-state index contributed by atoms with van der Waals surface area (Å²) in [6.45, 7) is 9.10. The Balaban J connectivity index is 2.51. The van der Waals surface area contributed by atoms with Crippen molar-refractivity contribution >= 4 is 0 Å². The Labute approximate surface area is 113 Å². The fraction of sp³-hybridized carbons (Fsp3) is 1.00. The molecule has 0 amide bonds. The second-order valence-electron chi connectivity index (χ2n) is 5.47. The minimum Gasteiger partial charge on any atom is -0.382 e. The highest BCUT2D eigenvalue weighted by atomic mass is 16.5. The molecule has 1 rings (SSSR count). The molecule has 1 aliphatic carbocycles. The summed E-state index contributed by atoms with van der Waals surface area (Å²) in [7, 11) is 0. The van der Waals surface area contributed by atoms with Crippen LogP contribution in [0.5, 0.6) is 0 Å². The molecule has 18 heavy (non-hydrogen) atoms. The molecular weight excluding hydrogens is 224 g/mol. The van der Waals surface area contributed by atoms with Crippen molar-refractivity contribution in [1.82, 2.24) is 4.90 Å². The Morgan fingerprint density at radius 3 is 2.28 bits per heavy atom. The van der Waals surface area contributed by atoms with Gasteiger partial charge in [-0.2, -0.15) is 0 Å². The van der Waals surface area contributed by atoms with Crippen LogP contribution in [-0.2, 0) is 4.74 Å². The van der Waals surface area contributed by atoms with E-state index in [2.05, 4.69) is 18.7 Å². The molecule has 0 heterocycles. The van der Waals surface area contributed by atoms with Crippen LogP contribution in [0.4, 0.5) is 0 Å². The smallest absolute Gasteiger partial charge is 0.0478 e. The van der Waals surface area contributed by atoms with E-state index < -0.39 is 0 Å². The Hall–Kier alpha value is -0.120. The predicted octanol–water partition coefficient (Wildman–Crippen LogP) is 2.79. The van der Waals surface area contributed by atoms with Gasteiger partial charge in [-0.05, 0) is 32.7 Å². The third kappa shape index (κ3) is 4.52. The first kappa shape index (κ1) is 15.9. The van der Waals surface area contributed by atoms with Gasteiger partial charge in [0.15, 0.2) is 0 Å². The van der Waals surface area contributed by atoms with Crippen LogP contribution in [0.2, 0.25) is 0 Å². The van der Waals surface area contributed by atoms with E-state index in [1.54, 1.807) is 0 Å². The molecule has 0 aromatic rings. The maximum atomic E-state index is 6.14. The van der Waals surface area contributed by atoms with Gasteiger partial charge in [0.25, 0.3) is 0 Å². The van der Waals surface area contributed by atoms with Crippen LogP contribution < -0.4 is 5.73 Å². The van der Waals surface area contributed by atoms with Gasteiger partial charge in [-0.15, -0.1) is 0 Å². The van der Waals surface area contributed by atoms with Crippen molar-refractivity contribution in [3.63, 3.8) is 0 Å². The Kier molecular flexibility index (Phi) is 7.87. The number of ether oxygens (including phenoxy) is 1. The van der Waals surface area contributed by atoms with Crippen molar-refractivity contribution in [3.05, 3.63) is 0 Å². The van der Waals surface area contributed by atoms with Crippen molar-refractivity contribution in [3.8, 4) is 0 Å². The zero-order valence-electron chi connectivity index (χ0n) is 12.4. The molecule has 2 N–H and O–H groups in total. The van der Waals surface area contributed by atoms with Crippen LogP contribution in [0, 0.1) is 0 Å². The van der Waals surface area contributed by atoms with Crippen molar-refractivity contribution < 1.29 is 4.74 Å². The molecule has 0 saturated heterocycles. The molecule has 0 unspecified atom stereocenters. The lowest BCUT2D eigenvalue weighted by atomic mass is 9.88. The molecule has 108 valence electrons. The van der Waals surface area contributed by atoms with E-state index in [4.69, 9.17) is 10.5 Å². The zero-order valence-corrected chi connectivity index (χ0v) is 12.4. The molecule has 1 saturated carbocycles. The average Bonchev–Trinajstić information content (AvgIpc) is 2.65. The zero-order chi connectivity index (χ0) is 13.3. The Morgan fingerprint density at radius 2 is 1.78 bits per heavy atom. The van der Waals surface area contributed by atoms with E-state index >= 15 is 0 Å². The van der Waals surface area contributed by atoms with Gasteiger partial charge >= 0.3 is 0 Å². The SMILES string of the molecule is CCOCCCN(CC)C1(CN)CCCCCC1. The number of nitrogens with zero attached hydrogens (tertiary/aromatic N) is 1. The molecule has 0 bridgehead atoms. The summed E-state index contributed by atoms with van der Waals surface area (Å²) in [5, 5.41) is 0. The van der Waals surface area contributed by atoms with E-state index in [1.165, 1.54) is 38.5 Å². The van der Waals surface area contributed by atoms with Crippen molar-refractivity contribution in [2.45, 2.75) is 64.3 Å². The summed E-state index contributed by atoms with van der Waals surface area (Å²) in [5.74, 6) is 0. The molecule has 0 aromatic heterocycles. The van der Waals surface area contributed by atoms with Crippen LogP contribution in [0.3, 0.4) is 0 Å². The van der Waals surface area contributed by atoms with Gasteiger partial charge in [0.05, 0.1) is 0 Å². The van der Waals surface area contributed by atoms with Crippen LogP contribution in [0.25, 0.3) is 0 Å². The number of hydrogen-bond acceptors (Lipinski definition) is 3. The first-order valence-corrected chi connectivity index (χ1v) is 7.82. The molecule has 0 aromatic carbocycles. The molecule has 1 aliphatic rings. The van der Waals surface area contributed by atoms with Gasteiger partial charge in [0, 0.05) is 31.8 Å². The highest BCUT2D eigenvalue weighted by Crippen LogP contribution is 2.31. The number of likely N-dealkylation sites (N-methyl/N-ethyl adjacent to an activating group) is 1. The second kappa shape index (κ2) is 8.89. The Morgan fingerprint density at radius 1 is 1.11 bits per heavy atom. The highest BCUT2D eigenvalue weighted by molar-refractivity contribution is 4.92. The van der Waals surface area contributed by atoms with Crippen LogP contribution in [0.1, 0.15) is 58.8 Å². The quantitative estimate of drug-likeness (QED) is 0.536. The summed E-state index contributed by atoms with van der Waals surface area (Å²) in [6, 6.07) is 0. The standard InChI is InChI=1S/C15H32N2O/c1-3-17(12-9-13-18-4-2)15(14-16)10-7-5-6-8-11-15/h3-14,16H2,1-2H3. The van der Waals surface area contributed by atoms with Crippen molar-refractivity contribution in [2.75, 3.05) is 32.8 Å². The Bertz CT molecular complexity index is 201. The number of hydrogen-bond donors (Lipinski definition) is 1. The fourth-order valence-electron chi connectivity index (χ4n) is 3.27. The van der Waals surface area contributed by atoms with Gasteiger partial charge in [0.2, 0.25) is 0 Å². The van der Waals surface area contributed by atoms with Crippen molar-refractivity contribution in [2.24, 2.45) is 5.73 Å². The van der Waals surface area contributed by atoms with Crippen LogP contribution >= 0.6 is 0 Å². The summed E-state index contributed by atoms with van der Waals surface area (Å²) in [6.07, 6.45) is 9.16. The average molecular weight is 256 g/mol. The summed E-state index contributed by atoms with van der Waals surface area (Å²) < 4.78 is 5.45. The minimum atomic E-state index is 0.275. The summed E-state index contributed by atoms with van der Waals surface area (Å²) >= 11 is 0. The molecular formula is C15H32N2O. The van der Waals surface area contributed by atoms with Crippen LogP contribution in [0.15, 0.2) is 0 Å². The normalized spacial score (nSPS) is 20.0. The van der Waals surface area contributed by atoms with E-state index in [0.29, 0.717) is 0 Å². The van der Waals surface area contributed by atoms with Crippen molar-refractivity contribution in [1.29, 1.82) is 0 Å². The topological polar surface area (TPSA) is 38.5 Å². The third-order valence-electron chi connectivity index (χ3n) is 4.39. The molecule has 0 aliphatic heterocycles. The van der Waals surface area contributed by atoms with Gasteiger partial charge in [-0.1, -0.05) is 32.6 Å². The third-order valence-corrected chi connectivity index (χ3v) is 4.39. The number of nitrogens with two attached hydrogens (primary N) is 1. The molecule has 1 fully saturated rings. The molecule has 0 atom stereocenters. The molecule has 0 spiro atoms. The van der Waals surface area contributed by atoms with Gasteiger partial charge in [-0.3, -0.25) is 4.90 Å². The number of rotatable bonds is 8. The fourth-order valence-corrected chi connectivity index (χ4v) is 3.27. The molecule has 0 radical (unpaired) electrons. The predicted molar refractivity (Wildman–Crippen MR) is 77.8 cm³/mol. The molecule has 3 nitrogen and oxygen atoms in total. The highest BCUT2D eigenvalue weighted by Gasteiger charge is 2.34. The van der Waals surface area contributed by atoms with E-state index in [0.717, 1.165) is 39.3 Å². The van der Waals surface area contributed by atoms with Crippen LogP contribution in [-0.4, -0.2) is 43.3 Å². The lowest BCUT2D eigenvalue weighted by Gasteiger charge is -2.43. The summed E-state index contributed by atoms with van der Waals surface area (Å²) in [4.78, 5) is 2.62. The van der Waals surface area contributed by atoms with E-state index in [9.17, 15) is 0 Å². The lowest BCUT2D eigenvalue weighted by Crippen LogP contribution is -2.54.